The van der Waals surface area contributed by atoms with Gasteiger partial charge in [0, 0.05) is 30.5 Å². The van der Waals surface area contributed by atoms with Gasteiger partial charge >= 0.3 is 0 Å². The van der Waals surface area contributed by atoms with E-state index in [9.17, 15) is 0 Å². The molecule has 0 aliphatic heterocycles. The summed E-state index contributed by atoms with van der Waals surface area (Å²) in [6, 6.07) is 6.27. The molecule has 4 heteroatoms. The van der Waals surface area contributed by atoms with E-state index in [4.69, 9.17) is 0 Å². The summed E-state index contributed by atoms with van der Waals surface area (Å²) in [6.45, 7) is 5.09. The van der Waals surface area contributed by atoms with Gasteiger partial charge in [-0.15, -0.1) is 0 Å². The zero-order valence-electron chi connectivity index (χ0n) is 9.59. The molecule has 0 atom stereocenters. The summed E-state index contributed by atoms with van der Waals surface area (Å²) in [5.74, 6) is 0.846. The van der Waals surface area contributed by atoms with Crippen molar-refractivity contribution in [2.75, 3.05) is 0 Å². The Bertz CT molecular complexity index is 433. The molecule has 0 spiro atoms. The predicted molar refractivity (Wildman–Crippen MR) is 63.3 cm³/mol. The molecule has 2 aromatic rings. The second-order valence-corrected chi connectivity index (χ2v) is 4.02. The third kappa shape index (κ3) is 2.67. The van der Waals surface area contributed by atoms with E-state index < -0.39 is 0 Å². The first kappa shape index (κ1) is 10.8. The van der Waals surface area contributed by atoms with Crippen LogP contribution in [0.25, 0.3) is 5.82 Å². The minimum absolute atomic E-state index is 0.484. The highest BCUT2D eigenvalue weighted by Gasteiger charge is 2.01. The van der Waals surface area contributed by atoms with Crippen LogP contribution < -0.4 is 5.32 Å². The van der Waals surface area contributed by atoms with Crippen LogP contribution in [0.5, 0.6) is 0 Å². The first-order valence-corrected chi connectivity index (χ1v) is 5.44. The van der Waals surface area contributed by atoms with Gasteiger partial charge in [-0.1, -0.05) is 19.9 Å². The van der Waals surface area contributed by atoms with Crippen molar-refractivity contribution in [2.24, 2.45) is 0 Å². The number of hydrogen-bond acceptors (Lipinski definition) is 3. The molecule has 84 valence electrons. The molecular formula is C12H16N4. The molecule has 2 rings (SSSR count). The molecule has 0 unspecified atom stereocenters. The molecule has 0 fully saturated rings. The Balaban J connectivity index is 2.08. The summed E-state index contributed by atoms with van der Waals surface area (Å²) in [5, 5.41) is 7.63. The van der Waals surface area contributed by atoms with Crippen LogP contribution in [0.4, 0.5) is 0 Å². The zero-order chi connectivity index (χ0) is 11.4. The summed E-state index contributed by atoms with van der Waals surface area (Å²) >= 11 is 0. The second-order valence-electron chi connectivity index (χ2n) is 4.02. The third-order valence-corrected chi connectivity index (χ3v) is 2.23. The van der Waals surface area contributed by atoms with E-state index in [0.717, 1.165) is 12.4 Å². The summed E-state index contributed by atoms with van der Waals surface area (Å²) in [5.41, 5.74) is 1.17. The third-order valence-electron chi connectivity index (χ3n) is 2.23. The number of hydrogen-bond donors (Lipinski definition) is 1. The zero-order valence-corrected chi connectivity index (χ0v) is 9.59. The van der Waals surface area contributed by atoms with Gasteiger partial charge in [-0.3, -0.25) is 0 Å². The molecular weight excluding hydrogens is 200 g/mol. The molecule has 2 aromatic heterocycles. The van der Waals surface area contributed by atoms with E-state index in [1.54, 1.807) is 10.9 Å². The summed E-state index contributed by atoms with van der Waals surface area (Å²) in [4.78, 5) is 4.24. The number of nitrogens with one attached hydrogen (secondary N) is 1. The standard InChI is InChI=1S/C12H16N4/c1-10(2)14-7-11-8-15-16(9-11)12-5-3-4-6-13-12/h3-6,8-10,14H,7H2,1-2H3. The molecule has 0 radical (unpaired) electrons. The Morgan fingerprint density at radius 2 is 2.25 bits per heavy atom. The van der Waals surface area contributed by atoms with Crippen LogP contribution in [-0.4, -0.2) is 20.8 Å². The molecule has 0 aliphatic rings. The van der Waals surface area contributed by atoms with Crippen molar-refractivity contribution in [2.45, 2.75) is 26.4 Å². The lowest BCUT2D eigenvalue weighted by molar-refractivity contribution is 0.589. The maximum Gasteiger partial charge on any atom is 0.153 e. The van der Waals surface area contributed by atoms with Crippen LogP contribution in [0.2, 0.25) is 0 Å². The van der Waals surface area contributed by atoms with Gasteiger partial charge in [0.2, 0.25) is 0 Å². The molecule has 0 saturated heterocycles. The van der Waals surface area contributed by atoms with Crippen LogP contribution in [0.3, 0.4) is 0 Å². The van der Waals surface area contributed by atoms with Crippen molar-refractivity contribution < 1.29 is 0 Å². The van der Waals surface area contributed by atoms with Crippen molar-refractivity contribution in [1.29, 1.82) is 0 Å². The van der Waals surface area contributed by atoms with E-state index in [2.05, 4.69) is 29.2 Å². The van der Waals surface area contributed by atoms with Crippen LogP contribution in [0, 0.1) is 0 Å². The van der Waals surface area contributed by atoms with Gasteiger partial charge in [0.1, 0.15) is 0 Å². The molecule has 0 saturated carbocycles. The minimum Gasteiger partial charge on any atom is -0.310 e. The van der Waals surface area contributed by atoms with E-state index in [1.165, 1.54) is 5.56 Å². The average molecular weight is 216 g/mol. The smallest absolute Gasteiger partial charge is 0.153 e. The molecule has 0 amide bonds. The fourth-order valence-electron chi connectivity index (χ4n) is 1.39. The van der Waals surface area contributed by atoms with Crippen molar-refractivity contribution in [3.8, 4) is 5.82 Å². The highest BCUT2D eigenvalue weighted by Crippen LogP contribution is 2.04. The van der Waals surface area contributed by atoms with E-state index in [-0.39, 0.29) is 0 Å². The summed E-state index contributed by atoms with van der Waals surface area (Å²) in [7, 11) is 0. The monoisotopic (exact) mass is 216 g/mol. The van der Waals surface area contributed by atoms with Gasteiger partial charge < -0.3 is 5.32 Å². The normalized spacial score (nSPS) is 10.9. The molecule has 2 heterocycles. The van der Waals surface area contributed by atoms with Crippen LogP contribution in [-0.2, 0) is 6.54 Å². The summed E-state index contributed by atoms with van der Waals surface area (Å²) < 4.78 is 1.79. The first-order chi connectivity index (χ1) is 7.75. The van der Waals surface area contributed by atoms with Gasteiger partial charge in [0.25, 0.3) is 0 Å². The number of pyridine rings is 1. The van der Waals surface area contributed by atoms with Crippen LogP contribution >= 0.6 is 0 Å². The van der Waals surface area contributed by atoms with Crippen molar-refractivity contribution in [1.82, 2.24) is 20.1 Å². The Morgan fingerprint density at radius 1 is 1.38 bits per heavy atom. The molecule has 4 nitrogen and oxygen atoms in total. The Labute approximate surface area is 95.3 Å². The highest BCUT2D eigenvalue weighted by atomic mass is 15.3. The quantitative estimate of drug-likeness (QED) is 0.847. The van der Waals surface area contributed by atoms with Crippen molar-refractivity contribution >= 4 is 0 Å². The van der Waals surface area contributed by atoms with Crippen LogP contribution in [0.1, 0.15) is 19.4 Å². The largest absolute Gasteiger partial charge is 0.310 e. The van der Waals surface area contributed by atoms with Crippen LogP contribution in [0.15, 0.2) is 36.8 Å². The highest BCUT2D eigenvalue weighted by molar-refractivity contribution is 5.21. The lowest BCUT2D eigenvalue weighted by Gasteiger charge is -2.05. The Hall–Kier alpha value is -1.68. The van der Waals surface area contributed by atoms with Gasteiger partial charge in [0.05, 0.1) is 6.20 Å². The summed E-state index contributed by atoms with van der Waals surface area (Å²) in [6.07, 6.45) is 5.63. The molecule has 1 N–H and O–H groups in total. The maximum atomic E-state index is 4.28. The number of nitrogens with zero attached hydrogens (tertiary/aromatic N) is 3. The van der Waals surface area contributed by atoms with E-state index in [1.807, 2.05) is 30.6 Å². The molecule has 0 aromatic carbocycles. The SMILES string of the molecule is CC(C)NCc1cnn(-c2ccccn2)c1. The minimum atomic E-state index is 0.484. The lowest BCUT2D eigenvalue weighted by Crippen LogP contribution is -2.21. The topological polar surface area (TPSA) is 42.7 Å². The van der Waals surface area contributed by atoms with E-state index in [0.29, 0.717) is 6.04 Å². The lowest BCUT2D eigenvalue weighted by atomic mass is 10.3. The van der Waals surface area contributed by atoms with Gasteiger partial charge in [-0.05, 0) is 12.1 Å². The number of aromatic nitrogens is 3. The van der Waals surface area contributed by atoms with Gasteiger partial charge in [-0.2, -0.15) is 5.10 Å². The van der Waals surface area contributed by atoms with Crippen molar-refractivity contribution in [3.63, 3.8) is 0 Å². The molecule has 0 bridgehead atoms. The Morgan fingerprint density at radius 3 is 2.94 bits per heavy atom. The number of rotatable bonds is 4. The van der Waals surface area contributed by atoms with Crippen molar-refractivity contribution in [3.05, 3.63) is 42.4 Å². The van der Waals surface area contributed by atoms with E-state index >= 15 is 0 Å². The predicted octanol–water partition coefficient (Wildman–Crippen LogP) is 1.77. The maximum absolute atomic E-state index is 4.28. The Kier molecular flexibility index (Phi) is 3.31. The fraction of sp³-hybridized carbons (Fsp3) is 0.333. The van der Waals surface area contributed by atoms with Gasteiger partial charge in [0.15, 0.2) is 5.82 Å². The first-order valence-electron chi connectivity index (χ1n) is 5.44. The average Bonchev–Trinajstić information content (AvgIpc) is 2.76. The molecule has 0 aliphatic carbocycles. The second kappa shape index (κ2) is 4.90. The van der Waals surface area contributed by atoms with Gasteiger partial charge in [-0.25, -0.2) is 9.67 Å². The molecule has 16 heavy (non-hydrogen) atoms. The fourth-order valence-corrected chi connectivity index (χ4v) is 1.39.